The van der Waals surface area contributed by atoms with Crippen molar-refractivity contribution in [1.82, 2.24) is 4.98 Å². The lowest BCUT2D eigenvalue weighted by atomic mass is 9.93. The lowest BCUT2D eigenvalue weighted by Gasteiger charge is -2.15. The van der Waals surface area contributed by atoms with Gasteiger partial charge in [0.05, 0.1) is 5.02 Å². The molecule has 0 fully saturated rings. The zero-order chi connectivity index (χ0) is 10.4. The first-order valence-corrected chi connectivity index (χ1v) is 5.90. The fraction of sp³-hybridized carbons (Fsp3) is 0.182. The average Bonchev–Trinajstić information content (AvgIpc) is 2.56. The summed E-state index contributed by atoms with van der Waals surface area (Å²) in [7, 11) is 0. The van der Waals surface area contributed by atoms with Gasteiger partial charge in [-0.05, 0) is 23.0 Å². The van der Waals surface area contributed by atoms with E-state index in [0.717, 1.165) is 12.2 Å². The number of aromatic nitrogens is 1. The molecule has 3 rings (SSSR count). The molecule has 1 aromatic rings. The van der Waals surface area contributed by atoms with Crippen molar-refractivity contribution in [2.45, 2.75) is 12.3 Å². The highest BCUT2D eigenvalue weighted by molar-refractivity contribution is 9.11. The molecule has 0 radical (unpaired) electrons. The molecule has 2 heterocycles. The van der Waals surface area contributed by atoms with Crippen LogP contribution >= 0.6 is 27.5 Å². The number of anilines is 1. The minimum Gasteiger partial charge on any atom is -0.343 e. The van der Waals surface area contributed by atoms with Crippen LogP contribution in [0.5, 0.6) is 0 Å². The normalized spacial score (nSPS) is 22.4. The van der Waals surface area contributed by atoms with Crippen LogP contribution in [0.4, 0.5) is 5.82 Å². The summed E-state index contributed by atoms with van der Waals surface area (Å²) in [5, 5.41) is 4.01. The van der Waals surface area contributed by atoms with E-state index in [-0.39, 0.29) is 0 Å². The number of nitrogens with zero attached hydrogens (tertiary/aromatic N) is 1. The monoisotopic (exact) mass is 282 g/mol. The maximum atomic E-state index is 5.95. The van der Waals surface area contributed by atoms with Gasteiger partial charge in [-0.2, -0.15) is 0 Å². The Labute approximate surface area is 101 Å². The molecule has 2 nitrogen and oxygen atoms in total. The number of hydrogen-bond donors (Lipinski definition) is 1. The molecule has 2 aliphatic rings. The molecule has 1 aliphatic heterocycles. The summed E-state index contributed by atoms with van der Waals surface area (Å²) < 4.78 is 1.21. The predicted molar refractivity (Wildman–Crippen MR) is 65.3 cm³/mol. The summed E-state index contributed by atoms with van der Waals surface area (Å²) in [6.07, 6.45) is 6.82. The van der Waals surface area contributed by atoms with Crippen molar-refractivity contribution < 1.29 is 0 Å². The Morgan fingerprint density at radius 2 is 2.33 bits per heavy atom. The topological polar surface area (TPSA) is 24.9 Å². The molecule has 0 saturated heterocycles. The molecule has 0 spiro atoms. The average molecular weight is 284 g/mol. The third-order valence-corrected chi connectivity index (χ3v) is 3.54. The highest BCUT2D eigenvalue weighted by Gasteiger charge is 2.30. The number of nitrogens with one attached hydrogen (secondary N) is 1. The largest absolute Gasteiger partial charge is 0.343 e. The van der Waals surface area contributed by atoms with E-state index in [1.807, 2.05) is 6.07 Å². The fourth-order valence-corrected chi connectivity index (χ4v) is 2.66. The summed E-state index contributed by atoms with van der Waals surface area (Å²) in [4.78, 5) is 4.29. The first-order valence-electron chi connectivity index (χ1n) is 4.73. The van der Waals surface area contributed by atoms with Gasteiger partial charge in [-0.1, -0.05) is 33.6 Å². The van der Waals surface area contributed by atoms with Crippen LogP contribution < -0.4 is 5.32 Å². The van der Waals surface area contributed by atoms with E-state index in [1.54, 1.807) is 6.20 Å². The lowest BCUT2D eigenvalue weighted by Crippen LogP contribution is -2.03. The van der Waals surface area contributed by atoms with Crippen LogP contribution in [0.3, 0.4) is 0 Å². The highest BCUT2D eigenvalue weighted by atomic mass is 79.9. The van der Waals surface area contributed by atoms with Gasteiger partial charge in [0.15, 0.2) is 0 Å². The molecule has 0 aromatic carbocycles. The maximum Gasteiger partial charge on any atom is 0.134 e. The van der Waals surface area contributed by atoms with Crippen molar-refractivity contribution in [3.05, 3.63) is 45.2 Å². The molecule has 76 valence electrons. The Hall–Kier alpha value is -0.800. The molecule has 0 saturated carbocycles. The van der Waals surface area contributed by atoms with Crippen molar-refractivity contribution in [2.75, 3.05) is 5.32 Å². The number of allylic oxidation sites excluding steroid dienone is 4. The molecule has 1 aromatic heterocycles. The van der Waals surface area contributed by atoms with E-state index in [4.69, 9.17) is 11.6 Å². The molecule has 1 aliphatic carbocycles. The molecule has 1 N–H and O–H groups in total. The summed E-state index contributed by atoms with van der Waals surface area (Å²) in [5.74, 6) is 1.32. The SMILES string of the molecule is Clc1cnc2c(c1)C1CC(Br)=CC=C1N2. The Balaban J connectivity index is 2.10. The molecule has 0 bridgehead atoms. The van der Waals surface area contributed by atoms with Gasteiger partial charge in [0.2, 0.25) is 0 Å². The van der Waals surface area contributed by atoms with E-state index in [2.05, 4.69) is 38.4 Å². The van der Waals surface area contributed by atoms with Gasteiger partial charge in [0.25, 0.3) is 0 Å². The Morgan fingerprint density at radius 3 is 3.20 bits per heavy atom. The maximum absolute atomic E-state index is 5.95. The standard InChI is InChI=1S/C11H8BrClN2/c12-6-1-2-10-8(3-6)9-4-7(13)5-14-11(9)15-10/h1-2,4-5,8H,3H2,(H,14,15). The second-order valence-electron chi connectivity index (χ2n) is 3.71. The van der Waals surface area contributed by atoms with Crippen LogP contribution in [0, 0.1) is 0 Å². The molecular formula is C11H8BrClN2. The third-order valence-electron chi connectivity index (χ3n) is 2.74. The Bertz CT molecular complexity index is 493. The minimum absolute atomic E-state index is 0.380. The molecule has 4 heteroatoms. The molecular weight excluding hydrogens is 275 g/mol. The molecule has 0 amide bonds. The minimum atomic E-state index is 0.380. The van der Waals surface area contributed by atoms with E-state index >= 15 is 0 Å². The van der Waals surface area contributed by atoms with Gasteiger partial charge >= 0.3 is 0 Å². The number of halogens is 2. The van der Waals surface area contributed by atoms with Crippen LogP contribution in [-0.2, 0) is 0 Å². The van der Waals surface area contributed by atoms with Crippen LogP contribution in [0.1, 0.15) is 17.9 Å². The quantitative estimate of drug-likeness (QED) is 0.783. The van der Waals surface area contributed by atoms with Crippen molar-refractivity contribution >= 4 is 33.3 Å². The number of pyridine rings is 1. The van der Waals surface area contributed by atoms with Crippen molar-refractivity contribution in [3.63, 3.8) is 0 Å². The lowest BCUT2D eigenvalue weighted by molar-refractivity contribution is 0.828. The van der Waals surface area contributed by atoms with Crippen molar-refractivity contribution in [1.29, 1.82) is 0 Å². The van der Waals surface area contributed by atoms with Crippen molar-refractivity contribution in [2.24, 2.45) is 0 Å². The van der Waals surface area contributed by atoms with E-state index < -0.39 is 0 Å². The summed E-state index contributed by atoms with van der Waals surface area (Å²) >= 11 is 9.49. The second-order valence-corrected chi connectivity index (χ2v) is 5.16. The summed E-state index contributed by atoms with van der Waals surface area (Å²) in [5.41, 5.74) is 2.40. The zero-order valence-electron chi connectivity index (χ0n) is 7.80. The van der Waals surface area contributed by atoms with Crippen LogP contribution in [-0.4, -0.2) is 4.98 Å². The van der Waals surface area contributed by atoms with Gasteiger partial charge in [-0.15, -0.1) is 0 Å². The predicted octanol–water partition coefficient (Wildman–Crippen LogP) is 3.81. The number of rotatable bonds is 0. The van der Waals surface area contributed by atoms with Gasteiger partial charge < -0.3 is 5.32 Å². The number of fused-ring (bicyclic) bond motifs is 3. The first kappa shape index (κ1) is 9.43. The third kappa shape index (κ3) is 1.50. The van der Waals surface area contributed by atoms with Gasteiger partial charge in [-0.25, -0.2) is 4.98 Å². The van der Waals surface area contributed by atoms with E-state index in [1.165, 1.54) is 15.7 Å². The molecule has 15 heavy (non-hydrogen) atoms. The highest BCUT2D eigenvalue weighted by Crippen LogP contribution is 2.44. The van der Waals surface area contributed by atoms with Gasteiger partial charge in [0, 0.05) is 23.4 Å². The second kappa shape index (κ2) is 3.35. The summed E-state index contributed by atoms with van der Waals surface area (Å²) in [6.45, 7) is 0. The van der Waals surface area contributed by atoms with Crippen LogP contribution in [0.2, 0.25) is 5.02 Å². The Morgan fingerprint density at radius 1 is 1.47 bits per heavy atom. The van der Waals surface area contributed by atoms with Crippen LogP contribution in [0.25, 0.3) is 0 Å². The van der Waals surface area contributed by atoms with Gasteiger partial charge in [0.1, 0.15) is 5.82 Å². The summed E-state index contributed by atoms with van der Waals surface area (Å²) in [6, 6.07) is 1.99. The fourth-order valence-electron chi connectivity index (χ4n) is 2.04. The number of hydrogen-bond acceptors (Lipinski definition) is 2. The van der Waals surface area contributed by atoms with Gasteiger partial charge in [-0.3, -0.25) is 0 Å². The van der Waals surface area contributed by atoms with Crippen LogP contribution in [0.15, 0.2) is 34.6 Å². The molecule has 1 unspecified atom stereocenters. The Kier molecular flexibility index (Phi) is 2.11. The zero-order valence-corrected chi connectivity index (χ0v) is 10.1. The van der Waals surface area contributed by atoms with Crippen molar-refractivity contribution in [3.8, 4) is 0 Å². The smallest absolute Gasteiger partial charge is 0.134 e. The van der Waals surface area contributed by atoms with E-state index in [0.29, 0.717) is 10.9 Å². The molecule has 1 atom stereocenters. The van der Waals surface area contributed by atoms with E-state index in [9.17, 15) is 0 Å². The first-order chi connectivity index (χ1) is 7.24.